The predicted molar refractivity (Wildman–Crippen MR) is 48.1 cm³/mol. The van der Waals surface area contributed by atoms with Gasteiger partial charge in [0.05, 0.1) is 6.26 Å². The summed E-state index contributed by atoms with van der Waals surface area (Å²) in [7, 11) is 1.25. The van der Waals surface area contributed by atoms with Gasteiger partial charge in [-0.2, -0.15) is 7.05 Å². The average Bonchev–Trinajstić information content (AvgIpc) is 2.54. The van der Waals surface area contributed by atoms with Gasteiger partial charge in [-0.15, -0.1) is 0 Å². The SMILES string of the molecule is C[NH-].Oc1ccc2ccoc2c1.[Y]. The fourth-order valence-electron chi connectivity index (χ4n) is 0.943. The van der Waals surface area contributed by atoms with E-state index in [9.17, 15) is 0 Å². The zero-order valence-corrected chi connectivity index (χ0v) is 10.2. The third-order valence-corrected chi connectivity index (χ3v) is 1.44. The van der Waals surface area contributed by atoms with E-state index in [0.29, 0.717) is 0 Å². The van der Waals surface area contributed by atoms with Crippen molar-refractivity contribution in [1.82, 2.24) is 0 Å². The molecule has 0 bridgehead atoms. The maximum absolute atomic E-state index is 8.99. The summed E-state index contributed by atoms with van der Waals surface area (Å²) in [5, 5.41) is 10.0. The number of hydrogen-bond donors (Lipinski definition) is 1. The number of aromatic hydroxyl groups is 1. The Labute approximate surface area is 102 Å². The Morgan fingerprint density at radius 3 is 2.62 bits per heavy atom. The van der Waals surface area contributed by atoms with Crippen LogP contribution in [0.3, 0.4) is 0 Å². The first-order valence-electron chi connectivity index (χ1n) is 3.52. The maximum atomic E-state index is 8.99. The number of benzene rings is 1. The largest absolute Gasteiger partial charge is 0.680 e. The van der Waals surface area contributed by atoms with E-state index in [4.69, 9.17) is 15.3 Å². The molecule has 0 spiro atoms. The Kier molecular flexibility index (Phi) is 5.96. The minimum atomic E-state index is 0. The van der Waals surface area contributed by atoms with Crippen molar-refractivity contribution in [3.05, 3.63) is 36.3 Å². The number of furan rings is 1. The van der Waals surface area contributed by atoms with E-state index in [1.54, 1.807) is 18.4 Å². The standard InChI is InChI=1S/C8H6O2.CH4N.Y/c9-7-2-1-6-3-4-10-8(6)5-7;1-2;/h1-5,9H;2H,1H3;/q;-1;. The second-order valence-corrected chi connectivity index (χ2v) is 2.14. The van der Waals surface area contributed by atoms with Gasteiger partial charge in [-0.05, 0) is 18.2 Å². The maximum Gasteiger partial charge on any atom is 0.137 e. The van der Waals surface area contributed by atoms with E-state index in [-0.39, 0.29) is 38.5 Å². The van der Waals surface area contributed by atoms with Crippen molar-refractivity contribution < 1.29 is 42.2 Å². The normalized spacial score (nSPS) is 8.46. The molecule has 0 saturated carbocycles. The van der Waals surface area contributed by atoms with Crippen molar-refractivity contribution in [2.45, 2.75) is 0 Å². The molecule has 1 aromatic carbocycles. The molecule has 0 saturated heterocycles. The van der Waals surface area contributed by atoms with Gasteiger partial charge in [-0.25, -0.2) is 0 Å². The van der Waals surface area contributed by atoms with E-state index in [1.165, 1.54) is 7.05 Å². The minimum Gasteiger partial charge on any atom is -0.680 e. The third kappa shape index (κ3) is 3.10. The van der Waals surface area contributed by atoms with E-state index in [1.807, 2.05) is 12.1 Å². The second kappa shape index (κ2) is 6.13. The van der Waals surface area contributed by atoms with Crippen LogP contribution in [0.15, 0.2) is 34.9 Å². The average molecular weight is 253 g/mol. The molecular weight excluding hydrogens is 243 g/mol. The Balaban J connectivity index is 0.000000451. The molecule has 0 aliphatic rings. The summed E-state index contributed by atoms with van der Waals surface area (Å²) in [6.07, 6.45) is 1.60. The molecule has 1 aromatic heterocycles. The van der Waals surface area contributed by atoms with Gasteiger partial charge in [0.1, 0.15) is 11.3 Å². The molecule has 4 heteroatoms. The summed E-state index contributed by atoms with van der Waals surface area (Å²) in [5.41, 5.74) is 6.47. The van der Waals surface area contributed by atoms with Gasteiger partial charge in [0.2, 0.25) is 0 Å². The summed E-state index contributed by atoms with van der Waals surface area (Å²) in [5.74, 6) is 0.238. The molecule has 3 nitrogen and oxygen atoms in total. The second-order valence-electron chi connectivity index (χ2n) is 2.14. The molecule has 0 atom stereocenters. The summed E-state index contributed by atoms with van der Waals surface area (Å²) in [6.45, 7) is 0. The molecule has 0 aliphatic carbocycles. The summed E-state index contributed by atoms with van der Waals surface area (Å²) in [4.78, 5) is 0. The molecule has 67 valence electrons. The van der Waals surface area contributed by atoms with Gasteiger partial charge in [-0.1, -0.05) is 0 Å². The number of fused-ring (bicyclic) bond motifs is 1. The van der Waals surface area contributed by atoms with Gasteiger partial charge < -0.3 is 15.3 Å². The van der Waals surface area contributed by atoms with Gasteiger partial charge in [0.15, 0.2) is 0 Å². The zero-order chi connectivity index (χ0) is 8.97. The fraction of sp³-hybridized carbons (Fsp3) is 0.111. The van der Waals surface area contributed by atoms with Crippen molar-refractivity contribution in [2.24, 2.45) is 0 Å². The monoisotopic (exact) mass is 253 g/mol. The Morgan fingerprint density at radius 2 is 1.92 bits per heavy atom. The van der Waals surface area contributed by atoms with Crippen molar-refractivity contribution in [3.8, 4) is 5.75 Å². The summed E-state index contributed by atoms with van der Waals surface area (Å²) < 4.78 is 5.04. The number of nitrogens with one attached hydrogen (secondary N) is 1. The topological polar surface area (TPSA) is 57.2 Å². The van der Waals surface area contributed by atoms with Crippen LogP contribution < -0.4 is 0 Å². The van der Waals surface area contributed by atoms with Crippen LogP contribution in [0, 0.1) is 0 Å². The molecule has 0 aliphatic heterocycles. The van der Waals surface area contributed by atoms with Crippen LogP contribution in [0.4, 0.5) is 0 Å². The molecule has 0 amide bonds. The molecule has 0 fully saturated rings. The van der Waals surface area contributed by atoms with Gasteiger partial charge in [0, 0.05) is 44.2 Å². The molecule has 1 radical (unpaired) electrons. The van der Waals surface area contributed by atoms with Crippen molar-refractivity contribution in [2.75, 3.05) is 7.05 Å². The van der Waals surface area contributed by atoms with Gasteiger partial charge in [-0.3, -0.25) is 0 Å². The van der Waals surface area contributed by atoms with Crippen molar-refractivity contribution >= 4 is 11.0 Å². The van der Waals surface area contributed by atoms with Crippen LogP contribution in [0.2, 0.25) is 0 Å². The number of rotatable bonds is 0. The van der Waals surface area contributed by atoms with Crippen LogP contribution in [0.5, 0.6) is 5.75 Å². The van der Waals surface area contributed by atoms with E-state index in [0.717, 1.165) is 11.0 Å². The quantitative estimate of drug-likeness (QED) is 0.784. The minimum absolute atomic E-state index is 0. The zero-order valence-electron chi connectivity index (χ0n) is 7.32. The van der Waals surface area contributed by atoms with Crippen LogP contribution in [-0.4, -0.2) is 12.2 Å². The first-order valence-corrected chi connectivity index (χ1v) is 3.52. The van der Waals surface area contributed by atoms with E-state index < -0.39 is 0 Å². The molecule has 2 aromatic rings. The van der Waals surface area contributed by atoms with Crippen LogP contribution in [0.25, 0.3) is 16.7 Å². The van der Waals surface area contributed by atoms with E-state index in [2.05, 4.69) is 0 Å². The van der Waals surface area contributed by atoms with Gasteiger partial charge in [0.25, 0.3) is 0 Å². The van der Waals surface area contributed by atoms with Crippen molar-refractivity contribution in [1.29, 1.82) is 0 Å². The summed E-state index contributed by atoms with van der Waals surface area (Å²) >= 11 is 0. The summed E-state index contributed by atoms with van der Waals surface area (Å²) in [6, 6.07) is 6.90. The number of phenols is 1. The Morgan fingerprint density at radius 1 is 1.23 bits per heavy atom. The molecule has 2 N–H and O–H groups in total. The van der Waals surface area contributed by atoms with Gasteiger partial charge >= 0.3 is 0 Å². The predicted octanol–water partition coefficient (Wildman–Crippen LogP) is 2.80. The first kappa shape index (κ1) is 12.6. The Bertz CT molecular complexity index is 359. The Hall–Kier alpha value is -0.376. The molecule has 13 heavy (non-hydrogen) atoms. The van der Waals surface area contributed by atoms with Crippen LogP contribution in [0.1, 0.15) is 0 Å². The van der Waals surface area contributed by atoms with Crippen molar-refractivity contribution in [3.63, 3.8) is 0 Å². The molecular formula is C9H10NO2Y-. The molecule has 2 rings (SSSR count). The smallest absolute Gasteiger partial charge is 0.137 e. The molecule has 0 unspecified atom stereocenters. The van der Waals surface area contributed by atoms with Crippen LogP contribution in [-0.2, 0) is 32.7 Å². The number of phenolic OH excluding ortho intramolecular Hbond substituents is 1. The van der Waals surface area contributed by atoms with Crippen LogP contribution >= 0.6 is 0 Å². The van der Waals surface area contributed by atoms with E-state index >= 15 is 0 Å². The third-order valence-electron chi connectivity index (χ3n) is 1.44. The fourth-order valence-corrected chi connectivity index (χ4v) is 0.943. The number of hydrogen-bond acceptors (Lipinski definition) is 2. The molecule has 1 heterocycles. The first-order chi connectivity index (χ1) is 5.86.